The maximum absolute atomic E-state index is 13.3. The molecule has 6 heteroatoms. The van der Waals surface area contributed by atoms with Crippen LogP contribution in [-0.4, -0.2) is 41.0 Å². The van der Waals surface area contributed by atoms with Crippen molar-refractivity contribution in [3.05, 3.63) is 47.1 Å². The van der Waals surface area contributed by atoms with Gasteiger partial charge in [-0.05, 0) is 45.7 Å². The molecular weight excluding hydrogens is 311 g/mol. The van der Waals surface area contributed by atoms with Crippen LogP contribution in [0, 0.1) is 12.4 Å². The topological polar surface area (TPSA) is 51.0 Å². The SMILES string of the molecule is [C-]#[N+]CC1(N(CC(=O)c2cccc(F)c2)C(=O)OC(C)(C)C)CC1. The number of benzene rings is 1. The number of nitrogens with zero attached hydrogens (tertiary/aromatic N) is 2. The average Bonchev–Trinajstić information content (AvgIpc) is 3.23. The van der Waals surface area contributed by atoms with Gasteiger partial charge in [0.05, 0.1) is 6.54 Å². The summed E-state index contributed by atoms with van der Waals surface area (Å²) in [5, 5.41) is 0. The Kier molecular flexibility index (Phi) is 4.93. The van der Waals surface area contributed by atoms with Gasteiger partial charge >= 0.3 is 6.09 Å². The van der Waals surface area contributed by atoms with Crippen LogP contribution in [0.25, 0.3) is 4.85 Å². The molecule has 2 rings (SSSR count). The number of carbonyl (C=O) groups is 2. The normalized spacial score (nSPS) is 15.3. The monoisotopic (exact) mass is 332 g/mol. The minimum atomic E-state index is -0.703. The highest BCUT2D eigenvalue weighted by molar-refractivity contribution is 5.99. The van der Waals surface area contributed by atoms with Crippen molar-refractivity contribution in [2.45, 2.75) is 44.8 Å². The van der Waals surface area contributed by atoms with Crippen molar-refractivity contribution in [2.24, 2.45) is 0 Å². The molecule has 0 saturated heterocycles. The summed E-state index contributed by atoms with van der Waals surface area (Å²) in [6.07, 6.45) is 0.698. The highest BCUT2D eigenvalue weighted by Crippen LogP contribution is 2.43. The van der Waals surface area contributed by atoms with Crippen molar-refractivity contribution in [3.63, 3.8) is 0 Å². The van der Waals surface area contributed by atoms with Gasteiger partial charge in [-0.2, -0.15) is 0 Å². The molecule has 0 atom stereocenters. The Bertz CT molecular complexity index is 684. The fourth-order valence-electron chi connectivity index (χ4n) is 2.44. The summed E-state index contributed by atoms with van der Waals surface area (Å²) >= 11 is 0. The Labute approximate surface area is 141 Å². The summed E-state index contributed by atoms with van der Waals surface area (Å²) in [5.41, 5.74) is -1.15. The number of carbonyl (C=O) groups excluding carboxylic acids is 2. The first-order chi connectivity index (χ1) is 11.2. The maximum atomic E-state index is 13.3. The second-order valence-electron chi connectivity index (χ2n) is 7.04. The lowest BCUT2D eigenvalue weighted by Crippen LogP contribution is -2.48. The molecular formula is C18H21FN2O3. The minimum Gasteiger partial charge on any atom is -0.444 e. The molecule has 0 spiro atoms. The second kappa shape index (κ2) is 6.60. The van der Waals surface area contributed by atoms with Crippen LogP contribution in [0.1, 0.15) is 44.0 Å². The number of rotatable bonds is 5. The molecule has 1 aliphatic rings. The Morgan fingerprint density at radius 3 is 2.54 bits per heavy atom. The fourth-order valence-corrected chi connectivity index (χ4v) is 2.44. The Morgan fingerprint density at radius 2 is 2.04 bits per heavy atom. The lowest BCUT2D eigenvalue weighted by Gasteiger charge is -2.31. The molecule has 1 fully saturated rings. The van der Waals surface area contributed by atoms with Crippen LogP contribution in [0.5, 0.6) is 0 Å². The predicted molar refractivity (Wildman–Crippen MR) is 87.1 cm³/mol. The predicted octanol–water partition coefficient (Wildman–Crippen LogP) is 3.70. The van der Waals surface area contributed by atoms with E-state index in [9.17, 15) is 14.0 Å². The number of amides is 1. The summed E-state index contributed by atoms with van der Waals surface area (Å²) < 4.78 is 18.7. The van der Waals surface area contributed by atoms with E-state index in [0.29, 0.717) is 12.8 Å². The van der Waals surface area contributed by atoms with Gasteiger partial charge in [0.25, 0.3) is 0 Å². The van der Waals surface area contributed by atoms with Crippen LogP contribution >= 0.6 is 0 Å². The third-order valence-electron chi connectivity index (χ3n) is 3.84. The van der Waals surface area contributed by atoms with Gasteiger partial charge in [0, 0.05) is 5.56 Å². The zero-order valence-corrected chi connectivity index (χ0v) is 14.1. The minimum absolute atomic E-state index is 0.128. The zero-order chi connectivity index (χ0) is 18.0. The van der Waals surface area contributed by atoms with Crippen molar-refractivity contribution < 1.29 is 18.7 Å². The summed E-state index contributed by atoms with van der Waals surface area (Å²) in [6.45, 7) is 12.2. The van der Waals surface area contributed by atoms with E-state index < -0.39 is 23.1 Å². The zero-order valence-electron chi connectivity index (χ0n) is 14.1. The van der Waals surface area contributed by atoms with Crippen LogP contribution < -0.4 is 0 Å². The molecule has 24 heavy (non-hydrogen) atoms. The number of hydrogen-bond donors (Lipinski definition) is 0. The van der Waals surface area contributed by atoms with E-state index >= 15 is 0 Å². The quantitative estimate of drug-likeness (QED) is 0.610. The Morgan fingerprint density at radius 1 is 1.38 bits per heavy atom. The molecule has 0 aliphatic heterocycles. The van der Waals surface area contributed by atoms with Gasteiger partial charge in [-0.1, -0.05) is 12.1 Å². The first-order valence-electron chi connectivity index (χ1n) is 7.79. The summed E-state index contributed by atoms with van der Waals surface area (Å²) in [5.74, 6) is -0.886. The van der Waals surface area contributed by atoms with E-state index in [1.807, 2.05) is 0 Å². The van der Waals surface area contributed by atoms with Crippen LogP contribution in [0.15, 0.2) is 24.3 Å². The van der Waals surface area contributed by atoms with Crippen molar-refractivity contribution in [1.82, 2.24) is 4.90 Å². The molecule has 1 aromatic carbocycles. The summed E-state index contributed by atoms with van der Waals surface area (Å²) in [6, 6.07) is 5.35. The molecule has 1 aliphatic carbocycles. The van der Waals surface area contributed by atoms with E-state index in [0.717, 1.165) is 6.07 Å². The van der Waals surface area contributed by atoms with Crippen molar-refractivity contribution >= 4 is 11.9 Å². The summed E-state index contributed by atoms with van der Waals surface area (Å²) in [4.78, 5) is 29.7. The average molecular weight is 332 g/mol. The van der Waals surface area contributed by atoms with Gasteiger partial charge in [0.15, 0.2) is 5.78 Å². The van der Waals surface area contributed by atoms with Crippen molar-refractivity contribution in [3.8, 4) is 0 Å². The van der Waals surface area contributed by atoms with Gasteiger partial charge in [-0.15, -0.1) is 0 Å². The largest absolute Gasteiger partial charge is 0.444 e. The van der Waals surface area contributed by atoms with Crippen molar-refractivity contribution in [2.75, 3.05) is 13.1 Å². The number of halogens is 1. The molecule has 1 saturated carbocycles. The second-order valence-corrected chi connectivity index (χ2v) is 7.04. The number of Topliss-reactive ketones (excluding diaryl/α,β-unsaturated/α-hetero) is 1. The molecule has 1 amide bonds. The lowest BCUT2D eigenvalue weighted by atomic mass is 10.1. The number of ether oxygens (including phenoxy) is 1. The Hall–Kier alpha value is -2.42. The molecule has 0 N–H and O–H groups in total. The lowest BCUT2D eigenvalue weighted by molar-refractivity contribution is 0.0147. The molecule has 128 valence electrons. The van der Waals surface area contributed by atoms with Crippen LogP contribution in [-0.2, 0) is 4.74 Å². The van der Waals surface area contributed by atoms with E-state index in [1.165, 1.54) is 23.1 Å². The van der Waals surface area contributed by atoms with Crippen LogP contribution in [0.4, 0.5) is 9.18 Å². The van der Waals surface area contributed by atoms with E-state index in [4.69, 9.17) is 11.3 Å². The fraction of sp³-hybridized carbons (Fsp3) is 0.500. The molecule has 5 nitrogen and oxygen atoms in total. The van der Waals surface area contributed by atoms with Crippen LogP contribution in [0.3, 0.4) is 0 Å². The number of ketones is 1. The molecule has 0 radical (unpaired) electrons. The molecule has 0 aromatic heterocycles. The molecule has 1 aromatic rings. The van der Waals surface area contributed by atoms with E-state index in [2.05, 4.69) is 4.85 Å². The molecule has 0 unspecified atom stereocenters. The number of hydrogen-bond acceptors (Lipinski definition) is 3. The smallest absolute Gasteiger partial charge is 0.411 e. The van der Waals surface area contributed by atoms with Gasteiger partial charge in [0.2, 0.25) is 6.54 Å². The maximum Gasteiger partial charge on any atom is 0.411 e. The third-order valence-corrected chi connectivity index (χ3v) is 3.84. The van der Waals surface area contributed by atoms with Gasteiger partial charge in [-0.25, -0.2) is 15.8 Å². The standard InChI is InChI=1S/C18H21FN2O3/c1-17(2,3)24-16(23)21(18(8-9-18)12-20-4)11-15(22)13-6-5-7-14(19)10-13/h5-7,10H,8-9,11-12H2,1-3H3. The highest BCUT2D eigenvalue weighted by atomic mass is 19.1. The Balaban J connectivity index is 2.22. The first kappa shape index (κ1) is 17.9. The van der Waals surface area contributed by atoms with Gasteiger partial charge in [-0.3, -0.25) is 9.69 Å². The van der Waals surface area contributed by atoms with E-state index in [-0.39, 0.29) is 24.4 Å². The van der Waals surface area contributed by atoms with Gasteiger partial charge < -0.3 is 9.58 Å². The summed E-state index contributed by atoms with van der Waals surface area (Å²) in [7, 11) is 0. The van der Waals surface area contributed by atoms with Crippen molar-refractivity contribution in [1.29, 1.82) is 0 Å². The highest BCUT2D eigenvalue weighted by Gasteiger charge is 2.55. The first-order valence-corrected chi connectivity index (χ1v) is 7.79. The van der Waals surface area contributed by atoms with E-state index in [1.54, 1.807) is 20.8 Å². The molecule has 0 bridgehead atoms. The third kappa shape index (κ3) is 4.31. The van der Waals surface area contributed by atoms with Gasteiger partial charge in [0.1, 0.15) is 17.0 Å². The van der Waals surface area contributed by atoms with Crippen LogP contribution in [0.2, 0.25) is 0 Å². The molecule has 0 heterocycles.